The van der Waals surface area contributed by atoms with Crippen molar-refractivity contribution in [2.45, 2.75) is 25.3 Å². The molecule has 1 atom stereocenters. The number of rotatable bonds is 3. The molecule has 18 heavy (non-hydrogen) atoms. The van der Waals surface area contributed by atoms with Crippen molar-refractivity contribution in [2.24, 2.45) is 0 Å². The first kappa shape index (κ1) is 12.6. The Balaban J connectivity index is 2.01. The van der Waals surface area contributed by atoms with E-state index in [1.54, 1.807) is 17.0 Å². The van der Waals surface area contributed by atoms with Crippen LogP contribution in [0.15, 0.2) is 30.3 Å². The van der Waals surface area contributed by atoms with Gasteiger partial charge in [0.2, 0.25) is 0 Å². The third-order valence-electron chi connectivity index (χ3n) is 3.30. The number of Topliss-reactive ketones (excluding diaryl/α,β-unsaturated/α-hetero) is 1. The highest BCUT2D eigenvalue weighted by Gasteiger charge is 2.31. The number of ketones is 1. The third kappa shape index (κ3) is 2.70. The van der Waals surface area contributed by atoms with Gasteiger partial charge >= 0.3 is 6.09 Å². The molecule has 1 unspecified atom stereocenters. The van der Waals surface area contributed by atoms with Crippen molar-refractivity contribution >= 4 is 11.9 Å². The highest BCUT2D eigenvalue weighted by molar-refractivity contribution is 5.96. The van der Waals surface area contributed by atoms with E-state index in [4.69, 9.17) is 4.74 Å². The predicted molar refractivity (Wildman–Crippen MR) is 67.5 cm³/mol. The van der Waals surface area contributed by atoms with Crippen LogP contribution in [0.5, 0.6) is 0 Å². The van der Waals surface area contributed by atoms with E-state index in [-0.39, 0.29) is 17.9 Å². The minimum atomic E-state index is -0.335. The molecule has 1 aromatic carbocycles. The summed E-state index contributed by atoms with van der Waals surface area (Å²) in [5.74, 6) is 0.0800. The van der Waals surface area contributed by atoms with Crippen LogP contribution in [0.3, 0.4) is 0 Å². The molecule has 1 aromatic rings. The van der Waals surface area contributed by atoms with Crippen LogP contribution in [0.1, 0.15) is 29.6 Å². The monoisotopic (exact) mass is 247 g/mol. The zero-order valence-electron chi connectivity index (χ0n) is 10.5. The topological polar surface area (TPSA) is 46.6 Å². The normalized spacial score (nSPS) is 18.7. The standard InChI is InChI=1S/C14H17NO3/c1-18-14(17)15-9-5-8-12(15)10-13(16)11-6-3-2-4-7-11/h2-4,6-7,12H,5,8-10H2,1H3. The van der Waals surface area contributed by atoms with Gasteiger partial charge in [0.15, 0.2) is 5.78 Å². The van der Waals surface area contributed by atoms with Gasteiger partial charge in [0.25, 0.3) is 0 Å². The first-order valence-corrected chi connectivity index (χ1v) is 6.15. The largest absolute Gasteiger partial charge is 0.453 e. The summed E-state index contributed by atoms with van der Waals surface area (Å²) in [7, 11) is 1.37. The van der Waals surface area contributed by atoms with E-state index in [2.05, 4.69) is 0 Å². The van der Waals surface area contributed by atoms with E-state index in [1.165, 1.54) is 7.11 Å². The van der Waals surface area contributed by atoms with Gasteiger partial charge in [-0.05, 0) is 12.8 Å². The molecule has 4 heteroatoms. The molecule has 4 nitrogen and oxygen atoms in total. The molecule has 1 fully saturated rings. The molecule has 1 aliphatic rings. The Labute approximate surface area is 107 Å². The minimum absolute atomic E-state index is 0.0230. The second kappa shape index (κ2) is 5.67. The molecule has 0 saturated carbocycles. The van der Waals surface area contributed by atoms with E-state index < -0.39 is 0 Å². The second-order valence-electron chi connectivity index (χ2n) is 4.45. The summed E-state index contributed by atoms with van der Waals surface area (Å²) in [6.07, 6.45) is 1.84. The van der Waals surface area contributed by atoms with Gasteiger partial charge in [0.1, 0.15) is 0 Å². The second-order valence-corrected chi connectivity index (χ2v) is 4.45. The van der Waals surface area contributed by atoms with E-state index in [0.717, 1.165) is 12.8 Å². The summed E-state index contributed by atoms with van der Waals surface area (Å²) < 4.78 is 4.73. The Hall–Kier alpha value is -1.84. The van der Waals surface area contributed by atoms with Crippen molar-refractivity contribution < 1.29 is 14.3 Å². The predicted octanol–water partition coefficient (Wildman–Crippen LogP) is 2.49. The van der Waals surface area contributed by atoms with E-state index in [1.807, 2.05) is 18.2 Å². The summed E-state index contributed by atoms with van der Waals surface area (Å²) in [5.41, 5.74) is 0.703. The molecule has 0 radical (unpaired) electrons. The maximum absolute atomic E-state index is 12.1. The Morgan fingerprint density at radius 3 is 2.72 bits per heavy atom. The van der Waals surface area contributed by atoms with Crippen molar-refractivity contribution in [1.82, 2.24) is 4.90 Å². The Morgan fingerprint density at radius 2 is 2.06 bits per heavy atom. The Kier molecular flexibility index (Phi) is 3.97. The highest BCUT2D eigenvalue weighted by atomic mass is 16.5. The van der Waals surface area contributed by atoms with E-state index in [0.29, 0.717) is 18.5 Å². The Morgan fingerprint density at radius 1 is 1.33 bits per heavy atom. The maximum atomic E-state index is 12.1. The van der Waals surface area contributed by atoms with Crippen LogP contribution in [0, 0.1) is 0 Å². The lowest BCUT2D eigenvalue weighted by atomic mass is 10.0. The number of carbonyl (C=O) groups excluding carboxylic acids is 2. The molecule has 0 N–H and O–H groups in total. The number of nitrogens with zero attached hydrogens (tertiary/aromatic N) is 1. The molecule has 1 aliphatic heterocycles. The SMILES string of the molecule is COC(=O)N1CCCC1CC(=O)c1ccccc1. The van der Waals surface area contributed by atoms with Gasteiger partial charge in [-0.15, -0.1) is 0 Å². The van der Waals surface area contributed by atoms with Crippen LogP contribution in [-0.2, 0) is 4.74 Å². The average Bonchev–Trinajstić information content (AvgIpc) is 2.87. The molecule has 96 valence electrons. The number of likely N-dealkylation sites (tertiary alicyclic amines) is 1. The molecule has 2 rings (SSSR count). The van der Waals surface area contributed by atoms with Gasteiger partial charge in [-0.1, -0.05) is 30.3 Å². The zero-order chi connectivity index (χ0) is 13.0. The maximum Gasteiger partial charge on any atom is 0.409 e. The van der Waals surface area contributed by atoms with Crippen molar-refractivity contribution in [3.8, 4) is 0 Å². The number of hydrogen-bond acceptors (Lipinski definition) is 3. The van der Waals surface area contributed by atoms with Gasteiger partial charge < -0.3 is 9.64 Å². The van der Waals surface area contributed by atoms with Crippen LogP contribution >= 0.6 is 0 Å². The van der Waals surface area contributed by atoms with Crippen LogP contribution < -0.4 is 0 Å². The lowest BCUT2D eigenvalue weighted by Gasteiger charge is -2.22. The van der Waals surface area contributed by atoms with Gasteiger partial charge in [0, 0.05) is 24.6 Å². The summed E-state index contributed by atoms with van der Waals surface area (Å²) in [6, 6.07) is 9.16. The fourth-order valence-electron chi connectivity index (χ4n) is 2.36. The van der Waals surface area contributed by atoms with Gasteiger partial charge in [-0.2, -0.15) is 0 Å². The number of ether oxygens (including phenoxy) is 1. The lowest BCUT2D eigenvalue weighted by Crippen LogP contribution is -2.36. The first-order chi connectivity index (χ1) is 8.72. The summed E-state index contributed by atoms with van der Waals surface area (Å²) in [6.45, 7) is 0.680. The molecule has 1 saturated heterocycles. The number of amides is 1. The molecule has 0 bridgehead atoms. The number of benzene rings is 1. The van der Waals surface area contributed by atoms with Crippen molar-refractivity contribution in [1.29, 1.82) is 0 Å². The summed E-state index contributed by atoms with van der Waals surface area (Å²) in [5, 5.41) is 0. The summed E-state index contributed by atoms with van der Waals surface area (Å²) in [4.78, 5) is 25.3. The van der Waals surface area contributed by atoms with Crippen LogP contribution in [0.2, 0.25) is 0 Å². The highest BCUT2D eigenvalue weighted by Crippen LogP contribution is 2.22. The number of carbonyl (C=O) groups is 2. The molecule has 1 heterocycles. The summed E-state index contributed by atoms with van der Waals surface area (Å²) >= 11 is 0. The van der Waals surface area contributed by atoms with E-state index in [9.17, 15) is 9.59 Å². The minimum Gasteiger partial charge on any atom is -0.453 e. The van der Waals surface area contributed by atoms with E-state index >= 15 is 0 Å². The number of methoxy groups -OCH3 is 1. The lowest BCUT2D eigenvalue weighted by molar-refractivity contribution is 0.0914. The number of hydrogen-bond donors (Lipinski definition) is 0. The quantitative estimate of drug-likeness (QED) is 0.771. The van der Waals surface area contributed by atoms with Crippen molar-refractivity contribution in [3.63, 3.8) is 0 Å². The van der Waals surface area contributed by atoms with Crippen molar-refractivity contribution in [2.75, 3.05) is 13.7 Å². The average molecular weight is 247 g/mol. The molecule has 0 aliphatic carbocycles. The Bertz CT molecular complexity index is 430. The fourth-order valence-corrected chi connectivity index (χ4v) is 2.36. The molecule has 0 spiro atoms. The third-order valence-corrected chi connectivity index (χ3v) is 3.30. The molecular formula is C14H17NO3. The molecular weight excluding hydrogens is 230 g/mol. The fraction of sp³-hybridized carbons (Fsp3) is 0.429. The zero-order valence-corrected chi connectivity index (χ0v) is 10.5. The van der Waals surface area contributed by atoms with Crippen molar-refractivity contribution in [3.05, 3.63) is 35.9 Å². The van der Waals surface area contributed by atoms with Gasteiger partial charge in [-0.25, -0.2) is 4.79 Å². The first-order valence-electron chi connectivity index (χ1n) is 6.15. The van der Waals surface area contributed by atoms with Crippen LogP contribution in [0.25, 0.3) is 0 Å². The smallest absolute Gasteiger partial charge is 0.409 e. The molecule has 1 amide bonds. The van der Waals surface area contributed by atoms with Crippen LogP contribution in [-0.4, -0.2) is 36.5 Å². The molecule has 0 aromatic heterocycles. The van der Waals surface area contributed by atoms with Crippen LogP contribution in [0.4, 0.5) is 4.79 Å². The van der Waals surface area contributed by atoms with Gasteiger partial charge in [-0.3, -0.25) is 4.79 Å². The van der Waals surface area contributed by atoms with Gasteiger partial charge in [0.05, 0.1) is 7.11 Å².